The average molecular weight is 265 g/mol. The fourth-order valence-corrected chi connectivity index (χ4v) is 1.87. The Bertz CT molecular complexity index is 543. The largest absolute Gasteiger partial charge is 0.385 e. The first-order valence-corrected chi connectivity index (χ1v) is 6.24. The summed E-state index contributed by atoms with van der Waals surface area (Å²) >= 11 is 6.06. The number of nitrogens with one attached hydrogen (secondary N) is 1. The predicted octanol–water partition coefficient (Wildman–Crippen LogP) is 4.36. The topological polar surface area (TPSA) is 24.9 Å². The Hall–Kier alpha value is -1.61. The minimum atomic E-state index is -0.317. The number of hydrogen-bond acceptors (Lipinski definition) is 2. The molecule has 0 bridgehead atoms. The monoisotopic (exact) mass is 264 g/mol. The van der Waals surface area contributed by atoms with E-state index in [9.17, 15) is 4.39 Å². The van der Waals surface area contributed by atoms with Crippen molar-refractivity contribution in [1.82, 2.24) is 4.98 Å². The number of hydrogen-bond donors (Lipinski definition) is 1. The third-order valence-corrected chi connectivity index (χ3v) is 2.87. The van der Waals surface area contributed by atoms with Gasteiger partial charge in [-0.15, -0.1) is 0 Å². The third-order valence-electron chi connectivity index (χ3n) is 2.54. The molecule has 0 saturated carbocycles. The number of rotatable bonds is 4. The van der Waals surface area contributed by atoms with E-state index >= 15 is 0 Å². The van der Waals surface area contributed by atoms with Crippen LogP contribution in [0.1, 0.15) is 13.3 Å². The Balaban J connectivity index is 2.35. The van der Waals surface area contributed by atoms with Crippen LogP contribution in [-0.4, -0.2) is 11.5 Å². The summed E-state index contributed by atoms with van der Waals surface area (Å²) in [5.74, 6) is -0.317. The number of halogens is 2. The van der Waals surface area contributed by atoms with Crippen LogP contribution < -0.4 is 5.32 Å². The zero-order valence-corrected chi connectivity index (χ0v) is 10.8. The standard InChI is InChI=1S/C14H14ClFN2/c1-2-6-17-11-5-7-18-14(9-11)12-8-10(16)3-4-13(12)15/h3-5,7-9H,2,6H2,1H3,(H,17,18). The zero-order chi connectivity index (χ0) is 13.0. The molecule has 1 aromatic carbocycles. The summed E-state index contributed by atoms with van der Waals surface area (Å²) < 4.78 is 13.2. The van der Waals surface area contributed by atoms with Crippen molar-refractivity contribution in [3.8, 4) is 11.3 Å². The van der Waals surface area contributed by atoms with Gasteiger partial charge in [-0.25, -0.2) is 4.39 Å². The van der Waals surface area contributed by atoms with Crippen LogP contribution in [-0.2, 0) is 0 Å². The fraction of sp³-hybridized carbons (Fsp3) is 0.214. The zero-order valence-electron chi connectivity index (χ0n) is 10.1. The van der Waals surface area contributed by atoms with Gasteiger partial charge >= 0.3 is 0 Å². The molecule has 0 aliphatic heterocycles. The van der Waals surface area contributed by atoms with Gasteiger partial charge in [-0.2, -0.15) is 0 Å². The molecule has 0 fully saturated rings. The molecule has 0 saturated heterocycles. The van der Waals surface area contributed by atoms with Gasteiger partial charge < -0.3 is 5.32 Å². The molecule has 1 heterocycles. The Labute approximate surface area is 111 Å². The second kappa shape index (κ2) is 5.83. The van der Waals surface area contributed by atoms with Gasteiger partial charge in [0.05, 0.1) is 10.7 Å². The molecular formula is C14H14ClFN2. The molecule has 0 unspecified atom stereocenters. The van der Waals surface area contributed by atoms with E-state index in [4.69, 9.17) is 11.6 Å². The van der Waals surface area contributed by atoms with E-state index in [0.29, 0.717) is 16.3 Å². The number of anilines is 1. The Morgan fingerprint density at radius 3 is 2.89 bits per heavy atom. The highest BCUT2D eigenvalue weighted by molar-refractivity contribution is 6.33. The fourth-order valence-electron chi connectivity index (χ4n) is 1.65. The summed E-state index contributed by atoms with van der Waals surface area (Å²) in [6.45, 7) is 2.98. The number of aromatic nitrogens is 1. The SMILES string of the molecule is CCCNc1ccnc(-c2cc(F)ccc2Cl)c1. The van der Waals surface area contributed by atoms with Crippen molar-refractivity contribution in [3.63, 3.8) is 0 Å². The molecule has 0 amide bonds. The first-order valence-electron chi connectivity index (χ1n) is 5.86. The van der Waals surface area contributed by atoms with Crippen molar-refractivity contribution in [3.05, 3.63) is 47.4 Å². The molecule has 0 aliphatic rings. The van der Waals surface area contributed by atoms with E-state index in [-0.39, 0.29) is 5.82 Å². The van der Waals surface area contributed by atoms with Crippen LogP contribution in [0.3, 0.4) is 0 Å². The van der Waals surface area contributed by atoms with Gasteiger partial charge in [0.25, 0.3) is 0 Å². The smallest absolute Gasteiger partial charge is 0.123 e. The molecule has 4 heteroatoms. The molecule has 2 rings (SSSR count). The van der Waals surface area contributed by atoms with Crippen molar-refractivity contribution in [2.24, 2.45) is 0 Å². The summed E-state index contributed by atoms with van der Waals surface area (Å²) in [4.78, 5) is 4.23. The van der Waals surface area contributed by atoms with E-state index in [1.807, 2.05) is 12.1 Å². The van der Waals surface area contributed by atoms with Crippen LogP contribution in [0.4, 0.5) is 10.1 Å². The molecule has 1 aromatic heterocycles. The predicted molar refractivity (Wildman–Crippen MR) is 73.4 cm³/mol. The molecule has 0 spiro atoms. The quantitative estimate of drug-likeness (QED) is 0.887. The Morgan fingerprint density at radius 1 is 1.28 bits per heavy atom. The molecule has 0 atom stereocenters. The van der Waals surface area contributed by atoms with Gasteiger partial charge in [0.1, 0.15) is 5.82 Å². The maximum absolute atomic E-state index is 13.2. The highest BCUT2D eigenvalue weighted by Crippen LogP contribution is 2.28. The van der Waals surface area contributed by atoms with Gasteiger partial charge in [-0.05, 0) is 36.8 Å². The molecule has 94 valence electrons. The maximum atomic E-state index is 13.2. The highest BCUT2D eigenvalue weighted by Gasteiger charge is 2.07. The number of nitrogens with zero attached hydrogens (tertiary/aromatic N) is 1. The van der Waals surface area contributed by atoms with Crippen LogP contribution in [0.5, 0.6) is 0 Å². The Kier molecular flexibility index (Phi) is 4.15. The Morgan fingerprint density at radius 2 is 2.11 bits per heavy atom. The molecule has 2 aromatic rings. The van der Waals surface area contributed by atoms with E-state index in [0.717, 1.165) is 18.7 Å². The van der Waals surface area contributed by atoms with Crippen molar-refractivity contribution >= 4 is 17.3 Å². The van der Waals surface area contributed by atoms with Gasteiger partial charge in [0.2, 0.25) is 0 Å². The van der Waals surface area contributed by atoms with Gasteiger partial charge in [-0.1, -0.05) is 18.5 Å². The van der Waals surface area contributed by atoms with Crippen molar-refractivity contribution in [2.45, 2.75) is 13.3 Å². The number of benzene rings is 1. The summed E-state index contributed by atoms with van der Waals surface area (Å²) in [6, 6.07) is 8.03. The van der Waals surface area contributed by atoms with Crippen LogP contribution >= 0.6 is 11.6 Å². The van der Waals surface area contributed by atoms with E-state index in [2.05, 4.69) is 17.2 Å². The van der Waals surface area contributed by atoms with Crippen LogP contribution in [0.15, 0.2) is 36.5 Å². The normalized spacial score (nSPS) is 10.4. The second-order valence-corrected chi connectivity index (χ2v) is 4.39. The molecule has 0 aliphatic carbocycles. The van der Waals surface area contributed by atoms with Gasteiger partial charge in [0.15, 0.2) is 0 Å². The lowest BCUT2D eigenvalue weighted by Gasteiger charge is -2.08. The second-order valence-electron chi connectivity index (χ2n) is 3.98. The molecule has 0 radical (unpaired) electrons. The minimum Gasteiger partial charge on any atom is -0.385 e. The van der Waals surface area contributed by atoms with Crippen molar-refractivity contribution in [2.75, 3.05) is 11.9 Å². The summed E-state index contributed by atoms with van der Waals surface area (Å²) in [5.41, 5.74) is 2.24. The van der Waals surface area contributed by atoms with Crippen molar-refractivity contribution < 1.29 is 4.39 Å². The third kappa shape index (κ3) is 2.99. The summed E-state index contributed by atoms with van der Waals surface area (Å²) in [6.07, 6.45) is 2.73. The molecule has 1 N–H and O–H groups in total. The highest BCUT2D eigenvalue weighted by atomic mass is 35.5. The summed E-state index contributed by atoms with van der Waals surface area (Å²) in [5, 5.41) is 3.76. The first-order chi connectivity index (χ1) is 8.70. The van der Waals surface area contributed by atoms with Crippen LogP contribution in [0.2, 0.25) is 5.02 Å². The maximum Gasteiger partial charge on any atom is 0.123 e. The minimum absolute atomic E-state index is 0.317. The number of pyridine rings is 1. The first kappa shape index (κ1) is 12.8. The molecular weight excluding hydrogens is 251 g/mol. The van der Waals surface area contributed by atoms with Gasteiger partial charge in [0, 0.05) is 24.0 Å². The lowest BCUT2D eigenvalue weighted by Crippen LogP contribution is -2.00. The lowest BCUT2D eigenvalue weighted by atomic mass is 10.1. The van der Waals surface area contributed by atoms with E-state index in [1.54, 1.807) is 12.3 Å². The molecule has 18 heavy (non-hydrogen) atoms. The van der Waals surface area contributed by atoms with E-state index in [1.165, 1.54) is 12.1 Å². The van der Waals surface area contributed by atoms with Crippen molar-refractivity contribution in [1.29, 1.82) is 0 Å². The van der Waals surface area contributed by atoms with E-state index < -0.39 is 0 Å². The summed E-state index contributed by atoms with van der Waals surface area (Å²) in [7, 11) is 0. The lowest BCUT2D eigenvalue weighted by molar-refractivity contribution is 0.628. The van der Waals surface area contributed by atoms with Crippen LogP contribution in [0.25, 0.3) is 11.3 Å². The van der Waals surface area contributed by atoms with Crippen LogP contribution in [0, 0.1) is 5.82 Å². The molecule has 2 nitrogen and oxygen atoms in total. The van der Waals surface area contributed by atoms with Gasteiger partial charge in [-0.3, -0.25) is 4.98 Å². The average Bonchev–Trinajstić information content (AvgIpc) is 2.39.